The lowest BCUT2D eigenvalue weighted by atomic mass is 9.78. The molecule has 4 rings (SSSR count). The molecule has 0 radical (unpaired) electrons. The van der Waals surface area contributed by atoms with E-state index in [4.69, 9.17) is 4.74 Å². The molecule has 0 aromatic heterocycles. The standard InChI is InChI=1S/C24H19F3O/c1-3-5-6-14-7-9-15(10-8-14)16-11-12-17-18-13-19(28-4-2)23(26)24(27)21(18)20(17)22(16)25/h3,7-13H,1,4-6H2,2H3. The topological polar surface area (TPSA) is 9.23 Å². The van der Waals surface area contributed by atoms with Crippen molar-refractivity contribution in [2.45, 2.75) is 19.8 Å². The summed E-state index contributed by atoms with van der Waals surface area (Å²) in [5.41, 5.74) is 3.35. The molecule has 142 valence electrons. The number of rotatable bonds is 6. The van der Waals surface area contributed by atoms with Crippen LogP contribution in [0.5, 0.6) is 5.75 Å². The lowest BCUT2D eigenvalue weighted by Gasteiger charge is -2.27. The van der Waals surface area contributed by atoms with Gasteiger partial charge in [0.25, 0.3) is 0 Å². The van der Waals surface area contributed by atoms with Crippen molar-refractivity contribution in [3.63, 3.8) is 0 Å². The van der Waals surface area contributed by atoms with Gasteiger partial charge in [0.15, 0.2) is 11.6 Å². The minimum atomic E-state index is -1.08. The molecular formula is C24H19F3O. The number of ether oxygens (including phenoxy) is 1. The zero-order valence-corrected chi connectivity index (χ0v) is 15.5. The SMILES string of the molecule is C=CCCc1ccc(-c2ccc3c(c2F)-c2c-3cc(OCC)c(F)c2F)cc1. The van der Waals surface area contributed by atoms with E-state index in [1.807, 2.05) is 30.3 Å². The van der Waals surface area contributed by atoms with Crippen LogP contribution in [-0.4, -0.2) is 6.61 Å². The molecule has 0 atom stereocenters. The zero-order chi connectivity index (χ0) is 19.8. The van der Waals surface area contributed by atoms with Crippen molar-refractivity contribution >= 4 is 0 Å². The molecule has 0 N–H and O–H groups in total. The molecule has 0 spiro atoms. The molecule has 0 amide bonds. The molecule has 0 heterocycles. The van der Waals surface area contributed by atoms with Crippen LogP contribution in [0.4, 0.5) is 13.2 Å². The second-order valence-electron chi connectivity index (χ2n) is 6.73. The van der Waals surface area contributed by atoms with Gasteiger partial charge in [0.2, 0.25) is 5.82 Å². The van der Waals surface area contributed by atoms with Crippen LogP contribution < -0.4 is 4.74 Å². The van der Waals surface area contributed by atoms with E-state index >= 15 is 4.39 Å². The Kier molecular flexibility index (Phi) is 4.71. The Labute approximate surface area is 162 Å². The van der Waals surface area contributed by atoms with Gasteiger partial charge in [-0.15, -0.1) is 6.58 Å². The molecule has 3 aromatic carbocycles. The van der Waals surface area contributed by atoms with E-state index in [1.165, 1.54) is 6.07 Å². The van der Waals surface area contributed by atoms with Gasteiger partial charge in [0.1, 0.15) is 5.82 Å². The summed E-state index contributed by atoms with van der Waals surface area (Å²) in [4.78, 5) is 0. The number of fused-ring (bicyclic) bond motifs is 4. The highest BCUT2D eigenvalue weighted by molar-refractivity contribution is 6.05. The Morgan fingerprint density at radius 1 is 0.857 bits per heavy atom. The van der Waals surface area contributed by atoms with Gasteiger partial charge in [-0.1, -0.05) is 42.5 Å². The number of hydrogen-bond donors (Lipinski definition) is 0. The molecule has 28 heavy (non-hydrogen) atoms. The number of aryl methyl sites for hydroxylation is 1. The maximum absolute atomic E-state index is 15.2. The monoisotopic (exact) mass is 380 g/mol. The van der Waals surface area contributed by atoms with Gasteiger partial charge in [0.05, 0.1) is 6.61 Å². The first-order chi connectivity index (χ1) is 13.6. The Bertz CT molecular complexity index is 1070. The predicted octanol–water partition coefficient (Wildman–Crippen LogP) is 6.94. The Morgan fingerprint density at radius 2 is 1.54 bits per heavy atom. The quantitative estimate of drug-likeness (QED) is 0.329. The zero-order valence-electron chi connectivity index (χ0n) is 15.5. The second kappa shape index (κ2) is 7.19. The van der Waals surface area contributed by atoms with Crippen molar-refractivity contribution in [2.75, 3.05) is 6.61 Å². The fourth-order valence-electron chi connectivity index (χ4n) is 3.65. The first-order valence-electron chi connectivity index (χ1n) is 9.25. The van der Waals surface area contributed by atoms with Gasteiger partial charge < -0.3 is 4.74 Å². The highest BCUT2D eigenvalue weighted by Crippen LogP contribution is 2.53. The molecule has 0 aliphatic heterocycles. The van der Waals surface area contributed by atoms with Crippen LogP contribution in [0.25, 0.3) is 33.4 Å². The number of hydrogen-bond acceptors (Lipinski definition) is 1. The van der Waals surface area contributed by atoms with Gasteiger partial charge in [0, 0.05) is 16.7 Å². The summed E-state index contributed by atoms with van der Waals surface area (Å²) in [6, 6.07) is 12.4. The summed E-state index contributed by atoms with van der Waals surface area (Å²) in [6.45, 7) is 5.62. The van der Waals surface area contributed by atoms with Gasteiger partial charge in [-0.2, -0.15) is 4.39 Å². The molecule has 3 aromatic rings. The van der Waals surface area contributed by atoms with E-state index in [-0.39, 0.29) is 23.5 Å². The van der Waals surface area contributed by atoms with Crippen LogP contribution in [-0.2, 0) is 6.42 Å². The average molecular weight is 380 g/mol. The van der Waals surface area contributed by atoms with E-state index in [9.17, 15) is 8.78 Å². The first-order valence-corrected chi connectivity index (χ1v) is 9.25. The Hall–Kier alpha value is -3.01. The van der Waals surface area contributed by atoms with Crippen LogP contribution in [0.3, 0.4) is 0 Å². The highest BCUT2D eigenvalue weighted by Gasteiger charge is 2.34. The van der Waals surface area contributed by atoms with Crippen molar-refractivity contribution in [1.29, 1.82) is 0 Å². The summed E-state index contributed by atoms with van der Waals surface area (Å²) in [5, 5.41) is 0. The van der Waals surface area contributed by atoms with Crippen LogP contribution >= 0.6 is 0 Å². The normalized spacial score (nSPS) is 11.4. The van der Waals surface area contributed by atoms with E-state index in [2.05, 4.69) is 6.58 Å². The van der Waals surface area contributed by atoms with E-state index in [0.717, 1.165) is 18.4 Å². The fourth-order valence-corrected chi connectivity index (χ4v) is 3.65. The summed E-state index contributed by atoms with van der Waals surface area (Å²) >= 11 is 0. The minimum Gasteiger partial charge on any atom is -0.491 e. The second-order valence-corrected chi connectivity index (χ2v) is 6.73. The molecule has 0 saturated heterocycles. The summed E-state index contributed by atoms with van der Waals surface area (Å²) in [5.74, 6) is -2.83. The van der Waals surface area contributed by atoms with Gasteiger partial charge in [-0.05, 0) is 48.1 Å². The predicted molar refractivity (Wildman–Crippen MR) is 106 cm³/mol. The summed E-state index contributed by atoms with van der Waals surface area (Å²) < 4.78 is 49.1. The molecule has 1 aliphatic rings. The van der Waals surface area contributed by atoms with Crippen molar-refractivity contribution in [1.82, 2.24) is 0 Å². The molecule has 1 nitrogen and oxygen atoms in total. The van der Waals surface area contributed by atoms with Gasteiger partial charge in [-0.25, -0.2) is 8.78 Å². The van der Waals surface area contributed by atoms with Crippen molar-refractivity contribution in [2.24, 2.45) is 0 Å². The first kappa shape index (κ1) is 18.4. The van der Waals surface area contributed by atoms with Crippen LogP contribution in [0.15, 0.2) is 55.1 Å². The Morgan fingerprint density at radius 3 is 2.21 bits per heavy atom. The summed E-state index contributed by atoms with van der Waals surface area (Å²) in [7, 11) is 0. The molecule has 0 fully saturated rings. The van der Waals surface area contributed by atoms with Crippen molar-refractivity contribution in [3.05, 3.63) is 78.1 Å². The number of benzene rings is 3. The van der Waals surface area contributed by atoms with Crippen LogP contribution in [0.1, 0.15) is 18.9 Å². The third kappa shape index (κ3) is 2.80. The van der Waals surface area contributed by atoms with Gasteiger partial charge in [-0.3, -0.25) is 0 Å². The van der Waals surface area contributed by atoms with E-state index < -0.39 is 17.5 Å². The lowest BCUT2D eigenvalue weighted by Crippen LogP contribution is -2.09. The highest BCUT2D eigenvalue weighted by atomic mass is 19.2. The molecular weight excluding hydrogens is 361 g/mol. The van der Waals surface area contributed by atoms with Crippen LogP contribution in [0, 0.1) is 17.5 Å². The average Bonchev–Trinajstić information content (AvgIpc) is 2.69. The third-order valence-electron chi connectivity index (χ3n) is 5.06. The molecule has 4 heteroatoms. The maximum atomic E-state index is 15.2. The van der Waals surface area contributed by atoms with Crippen molar-refractivity contribution < 1.29 is 17.9 Å². The Balaban J connectivity index is 1.74. The fraction of sp³-hybridized carbons (Fsp3) is 0.167. The third-order valence-corrected chi connectivity index (χ3v) is 5.06. The largest absolute Gasteiger partial charge is 0.491 e. The molecule has 0 bridgehead atoms. The van der Waals surface area contributed by atoms with Gasteiger partial charge >= 0.3 is 0 Å². The van der Waals surface area contributed by atoms with E-state index in [1.54, 1.807) is 19.1 Å². The number of halogens is 3. The maximum Gasteiger partial charge on any atom is 0.201 e. The van der Waals surface area contributed by atoms with Crippen LogP contribution in [0.2, 0.25) is 0 Å². The molecule has 1 aliphatic carbocycles. The minimum absolute atomic E-state index is 0.0158. The summed E-state index contributed by atoms with van der Waals surface area (Å²) in [6.07, 6.45) is 3.60. The van der Waals surface area contributed by atoms with E-state index in [0.29, 0.717) is 22.3 Å². The smallest absolute Gasteiger partial charge is 0.201 e. The molecule has 0 unspecified atom stereocenters. The van der Waals surface area contributed by atoms with Crippen molar-refractivity contribution in [3.8, 4) is 39.1 Å². The molecule has 0 saturated carbocycles. The number of allylic oxidation sites excluding steroid dienone is 1. The lowest BCUT2D eigenvalue weighted by molar-refractivity contribution is 0.314.